The van der Waals surface area contributed by atoms with Gasteiger partial charge in [0.05, 0.1) is 26.2 Å². The molecular formula is C19H33N2+. The van der Waals surface area contributed by atoms with Crippen molar-refractivity contribution in [1.29, 1.82) is 0 Å². The second-order valence-corrected chi connectivity index (χ2v) is 9.50. The summed E-state index contributed by atoms with van der Waals surface area (Å²) in [5.41, 5.74) is 1.12. The number of nitrogens with one attached hydrogen (secondary N) is 1. The lowest BCUT2D eigenvalue weighted by molar-refractivity contribution is -0.933. The van der Waals surface area contributed by atoms with E-state index in [1.165, 1.54) is 43.3 Å². The number of quaternary nitrogens is 1. The van der Waals surface area contributed by atoms with Crippen LogP contribution in [0.5, 0.6) is 0 Å². The first-order valence-electron chi connectivity index (χ1n) is 9.00. The number of hydrogen-bond acceptors (Lipinski definition) is 1. The van der Waals surface area contributed by atoms with Gasteiger partial charge in [0, 0.05) is 24.2 Å². The van der Waals surface area contributed by atoms with Crippen molar-refractivity contribution in [3.05, 3.63) is 12.7 Å². The largest absolute Gasteiger partial charge is 0.323 e. The Labute approximate surface area is 130 Å². The molecule has 2 heterocycles. The smallest absolute Gasteiger partial charge is 0.0983 e. The predicted molar refractivity (Wildman–Crippen MR) is 87.9 cm³/mol. The van der Waals surface area contributed by atoms with Gasteiger partial charge in [0.25, 0.3) is 0 Å². The lowest BCUT2D eigenvalue weighted by Crippen LogP contribution is -2.58. The van der Waals surface area contributed by atoms with Crippen molar-refractivity contribution in [3.8, 4) is 0 Å². The van der Waals surface area contributed by atoms with Gasteiger partial charge in [-0.15, -0.1) is 6.58 Å². The van der Waals surface area contributed by atoms with E-state index in [4.69, 9.17) is 0 Å². The van der Waals surface area contributed by atoms with Crippen molar-refractivity contribution in [2.24, 2.45) is 28.6 Å². The molecule has 2 nitrogen and oxygen atoms in total. The summed E-state index contributed by atoms with van der Waals surface area (Å²) in [7, 11) is 5.05. The fraction of sp³-hybridized carbons (Fsp3) is 0.895. The maximum atomic E-state index is 4.09. The topological polar surface area (TPSA) is 12.0 Å². The molecule has 0 aromatic rings. The van der Waals surface area contributed by atoms with E-state index in [0.29, 0.717) is 10.8 Å². The van der Waals surface area contributed by atoms with Crippen molar-refractivity contribution in [3.63, 3.8) is 0 Å². The zero-order chi connectivity index (χ0) is 15.0. The summed E-state index contributed by atoms with van der Waals surface area (Å²) >= 11 is 0. The molecule has 0 radical (unpaired) electrons. The lowest BCUT2D eigenvalue weighted by Gasteiger charge is -2.48. The average Bonchev–Trinajstić information content (AvgIpc) is 3.24. The van der Waals surface area contributed by atoms with Gasteiger partial charge in [0.15, 0.2) is 0 Å². The summed E-state index contributed by atoms with van der Waals surface area (Å²) in [6.45, 7) is 11.7. The van der Waals surface area contributed by atoms with Crippen LogP contribution in [0, 0.1) is 28.6 Å². The quantitative estimate of drug-likeness (QED) is 0.608. The summed E-state index contributed by atoms with van der Waals surface area (Å²) in [6.07, 6.45) is 7.74. The third kappa shape index (κ3) is 1.72. The average molecular weight is 289 g/mol. The molecule has 0 spiro atoms. The Bertz CT molecular complexity index is 466. The molecule has 4 fully saturated rings. The van der Waals surface area contributed by atoms with Crippen molar-refractivity contribution >= 4 is 0 Å². The third-order valence-corrected chi connectivity index (χ3v) is 8.18. The molecule has 0 aromatic heterocycles. The number of hydrogen-bond donors (Lipinski definition) is 1. The number of rotatable bonds is 2. The number of nitrogens with zero attached hydrogens (tertiary/aromatic N) is 1. The Kier molecular flexibility index (Phi) is 2.81. The van der Waals surface area contributed by atoms with Gasteiger partial charge in [0.1, 0.15) is 0 Å². The van der Waals surface area contributed by atoms with Crippen LogP contribution in [0.1, 0.15) is 39.5 Å². The molecule has 0 aromatic carbocycles. The highest BCUT2D eigenvalue weighted by molar-refractivity contribution is 5.18. The molecule has 118 valence electrons. The highest BCUT2D eigenvalue weighted by Crippen LogP contribution is 2.72. The summed E-state index contributed by atoms with van der Waals surface area (Å²) < 4.78 is 1.25. The fourth-order valence-electron chi connectivity index (χ4n) is 6.78. The molecule has 2 heteroatoms. The second-order valence-electron chi connectivity index (χ2n) is 9.50. The maximum Gasteiger partial charge on any atom is 0.0983 e. The van der Waals surface area contributed by atoms with Crippen LogP contribution >= 0.6 is 0 Å². The maximum absolute atomic E-state index is 4.09. The molecule has 21 heavy (non-hydrogen) atoms. The number of fused-ring (bicyclic) bond motifs is 1. The van der Waals surface area contributed by atoms with E-state index < -0.39 is 0 Å². The summed E-state index contributed by atoms with van der Waals surface area (Å²) in [5.74, 6) is 2.79. The highest BCUT2D eigenvalue weighted by atomic mass is 15.4. The van der Waals surface area contributed by atoms with Gasteiger partial charge in [-0.1, -0.05) is 19.9 Å². The molecule has 2 aliphatic heterocycles. The minimum atomic E-state index is 0.517. The van der Waals surface area contributed by atoms with E-state index in [2.05, 4.69) is 45.9 Å². The van der Waals surface area contributed by atoms with Crippen LogP contribution in [0.15, 0.2) is 12.7 Å². The van der Waals surface area contributed by atoms with E-state index in [1.807, 2.05) is 0 Å². The van der Waals surface area contributed by atoms with Gasteiger partial charge in [-0.25, -0.2) is 0 Å². The molecular weight excluding hydrogens is 256 g/mol. The summed E-state index contributed by atoms with van der Waals surface area (Å²) in [6, 6.07) is 1.69. The summed E-state index contributed by atoms with van der Waals surface area (Å²) in [5, 5.41) is 3.78. The van der Waals surface area contributed by atoms with E-state index in [9.17, 15) is 0 Å². The predicted octanol–water partition coefficient (Wildman–Crippen LogP) is 3.05. The Morgan fingerprint density at radius 2 is 2.00 bits per heavy atom. The van der Waals surface area contributed by atoms with E-state index in [1.54, 1.807) is 0 Å². The molecule has 4 rings (SSSR count). The van der Waals surface area contributed by atoms with Crippen LogP contribution < -0.4 is 5.32 Å². The van der Waals surface area contributed by atoms with Gasteiger partial charge >= 0.3 is 0 Å². The molecule has 4 aliphatic rings. The normalized spacial score (nSPS) is 52.5. The first-order chi connectivity index (χ1) is 9.85. The lowest BCUT2D eigenvalue weighted by atomic mass is 9.68. The molecule has 6 unspecified atom stereocenters. The molecule has 1 N–H and O–H groups in total. The zero-order valence-corrected chi connectivity index (χ0v) is 14.4. The number of likely N-dealkylation sites (tertiary alicyclic amines) is 1. The van der Waals surface area contributed by atoms with Crippen LogP contribution in [-0.4, -0.2) is 43.8 Å². The minimum absolute atomic E-state index is 0.517. The standard InChI is InChI=1S/C19H33N2/c1-6-7-17-19-8-9-20-12-15(14(19)11-19)18(2,3)13-10-16(13)21(17,4)5/h6,13-17,20H,1,7-12H2,2-5H3/q+1. The fourth-order valence-corrected chi connectivity index (χ4v) is 6.78. The Morgan fingerprint density at radius 1 is 1.24 bits per heavy atom. The van der Waals surface area contributed by atoms with Crippen LogP contribution in [0.25, 0.3) is 0 Å². The van der Waals surface area contributed by atoms with Gasteiger partial charge in [-0.3, -0.25) is 0 Å². The van der Waals surface area contributed by atoms with Crippen molar-refractivity contribution in [1.82, 2.24) is 5.32 Å². The third-order valence-electron chi connectivity index (χ3n) is 8.18. The SMILES string of the molecule is C=CCC1C23CCNCC(C2C3)C(C)(C)C2CC2[N+]1(C)C. The Morgan fingerprint density at radius 3 is 2.71 bits per heavy atom. The zero-order valence-electron chi connectivity index (χ0n) is 14.4. The van der Waals surface area contributed by atoms with Crippen LogP contribution in [0.2, 0.25) is 0 Å². The molecule has 2 saturated carbocycles. The van der Waals surface area contributed by atoms with E-state index in [0.717, 1.165) is 29.8 Å². The van der Waals surface area contributed by atoms with Crippen LogP contribution in [0.4, 0.5) is 0 Å². The van der Waals surface area contributed by atoms with Gasteiger partial charge in [0.2, 0.25) is 0 Å². The van der Waals surface area contributed by atoms with Crippen LogP contribution in [0.3, 0.4) is 0 Å². The minimum Gasteiger partial charge on any atom is -0.323 e. The molecule has 2 saturated heterocycles. The second kappa shape index (κ2) is 4.14. The van der Waals surface area contributed by atoms with E-state index in [-0.39, 0.29) is 0 Å². The molecule has 6 atom stereocenters. The van der Waals surface area contributed by atoms with Crippen molar-refractivity contribution in [2.75, 3.05) is 27.2 Å². The first kappa shape index (κ1) is 14.3. The summed E-state index contributed by atoms with van der Waals surface area (Å²) in [4.78, 5) is 0. The van der Waals surface area contributed by atoms with Crippen LogP contribution in [-0.2, 0) is 0 Å². The molecule has 2 aliphatic carbocycles. The van der Waals surface area contributed by atoms with Gasteiger partial charge in [-0.05, 0) is 43.2 Å². The monoisotopic (exact) mass is 289 g/mol. The van der Waals surface area contributed by atoms with Crippen molar-refractivity contribution < 1.29 is 4.48 Å². The van der Waals surface area contributed by atoms with Gasteiger partial charge in [-0.2, -0.15) is 0 Å². The van der Waals surface area contributed by atoms with Gasteiger partial charge < -0.3 is 9.80 Å². The Balaban J connectivity index is 1.80. The van der Waals surface area contributed by atoms with Crippen molar-refractivity contribution in [2.45, 2.75) is 51.6 Å². The molecule has 2 bridgehead atoms. The first-order valence-corrected chi connectivity index (χ1v) is 9.00. The molecule has 0 amide bonds. The van der Waals surface area contributed by atoms with E-state index >= 15 is 0 Å². The highest BCUT2D eigenvalue weighted by Gasteiger charge is 2.74. The Hall–Kier alpha value is -0.340.